The van der Waals surface area contributed by atoms with E-state index < -0.39 is 0 Å². The molecule has 96 heavy (non-hydrogen) atoms. The van der Waals surface area contributed by atoms with E-state index in [1.165, 1.54) is 44.0 Å². The molecule has 0 aliphatic carbocycles. The number of phenols is 1. The van der Waals surface area contributed by atoms with Crippen molar-refractivity contribution in [1.29, 1.82) is 0 Å². The van der Waals surface area contributed by atoms with Crippen molar-refractivity contribution >= 4 is 43.6 Å². The van der Waals surface area contributed by atoms with Crippen molar-refractivity contribution in [3.05, 3.63) is 271 Å². The number of pyridine rings is 1. The molecule has 482 valence electrons. The summed E-state index contributed by atoms with van der Waals surface area (Å²) in [5, 5.41) is 17.9. The largest absolute Gasteiger partial charge is 0.507 e. The van der Waals surface area contributed by atoms with Crippen molar-refractivity contribution in [2.45, 2.75) is 131 Å². The van der Waals surface area contributed by atoms with Gasteiger partial charge in [0.25, 0.3) is 0 Å². The number of hydrogen-bond acceptors (Lipinski definition) is 3. The van der Waals surface area contributed by atoms with Gasteiger partial charge >= 0.3 is 0 Å². The van der Waals surface area contributed by atoms with E-state index in [1.807, 2.05) is 12.3 Å². The number of aromatic hydroxyl groups is 1. The maximum Gasteiger partial charge on any atom is 0.148 e. The monoisotopic (exact) mass is 1430 g/mol. The van der Waals surface area contributed by atoms with Crippen LogP contribution < -0.4 is 0 Å². The smallest absolute Gasteiger partial charge is 0.148 e. The minimum atomic E-state index is -0.199. The number of benzene rings is 11. The van der Waals surface area contributed by atoms with Crippen LogP contribution in [-0.4, -0.2) is 24.2 Å². The van der Waals surface area contributed by atoms with Crippen molar-refractivity contribution in [3.63, 3.8) is 0 Å². The van der Waals surface area contributed by atoms with Gasteiger partial charge in [-0.15, -0.1) is 29.8 Å². The zero-order valence-corrected chi connectivity index (χ0v) is 60.3. The minimum Gasteiger partial charge on any atom is -0.507 e. The van der Waals surface area contributed by atoms with Gasteiger partial charge in [0.15, 0.2) is 0 Å². The molecule has 6 heteroatoms. The fourth-order valence-electron chi connectivity index (χ4n) is 13.9. The van der Waals surface area contributed by atoms with Crippen LogP contribution in [0.15, 0.2) is 237 Å². The van der Waals surface area contributed by atoms with Crippen molar-refractivity contribution in [3.8, 4) is 95.4 Å². The number of phenolic OH excluding ortho intramolecular Hbond substituents is 1. The molecule has 0 spiro atoms. The third kappa shape index (κ3) is 12.0. The molecule has 0 bridgehead atoms. The van der Waals surface area contributed by atoms with Gasteiger partial charge in [-0.3, -0.25) is 9.55 Å². The van der Waals surface area contributed by atoms with E-state index in [-0.39, 0.29) is 53.9 Å². The van der Waals surface area contributed by atoms with Crippen LogP contribution in [0.3, 0.4) is 0 Å². The summed E-state index contributed by atoms with van der Waals surface area (Å²) in [6.45, 7) is 34.3. The Kier molecular flexibility index (Phi) is 16.6. The maximum absolute atomic E-state index is 13.1. The Morgan fingerprint density at radius 1 is 0.365 bits per heavy atom. The van der Waals surface area contributed by atoms with Gasteiger partial charge in [-0.05, 0) is 159 Å². The van der Waals surface area contributed by atoms with E-state index in [2.05, 4.69) is 344 Å². The quantitative estimate of drug-likeness (QED) is 0.147. The first-order valence-corrected chi connectivity index (χ1v) is 33.6. The zero-order chi connectivity index (χ0) is 66.7. The molecule has 14 rings (SSSR count). The predicted octanol–water partition coefficient (Wildman–Crippen LogP) is 24.3. The molecular formula is C90H85N4OPt-. The number of para-hydroxylation sites is 3. The SMILES string of the molecule is CC(C)(C)c1cc(-n2c(-c3ccc(-c4c(C(C)(C)C)ccc5cc(C(C)(C)C)ccc45)cc3O)nc3c(-c4[c-]c(-c5cc(-c6cccc7c8ccccc8n(-c8ccccc8)c67)ccn5)ccc4)cc(-c4cc(C(C)(C)C)ccc4-c4ccccc4)cc32)cc(C(C)(C)C)c1.[Pt]. The number of rotatable bonds is 9. The summed E-state index contributed by atoms with van der Waals surface area (Å²) in [6, 6.07) is 87.9. The number of aromatic nitrogens is 4. The van der Waals surface area contributed by atoms with Gasteiger partial charge in [-0.2, -0.15) is 0 Å². The molecule has 3 heterocycles. The Morgan fingerprint density at radius 2 is 0.990 bits per heavy atom. The Hall–Kier alpha value is -9.41. The van der Waals surface area contributed by atoms with E-state index in [9.17, 15) is 5.11 Å². The van der Waals surface area contributed by atoms with Crippen LogP contribution in [-0.2, 0) is 48.1 Å². The molecule has 3 aromatic heterocycles. The van der Waals surface area contributed by atoms with E-state index in [0.29, 0.717) is 11.4 Å². The van der Waals surface area contributed by atoms with Crippen molar-refractivity contribution in [2.24, 2.45) is 0 Å². The summed E-state index contributed by atoms with van der Waals surface area (Å²) in [7, 11) is 0. The zero-order valence-electron chi connectivity index (χ0n) is 58.1. The molecule has 14 aromatic rings. The molecule has 0 saturated heterocycles. The molecule has 11 aromatic carbocycles. The molecule has 0 unspecified atom stereocenters. The first-order chi connectivity index (χ1) is 45.2. The number of fused-ring (bicyclic) bond motifs is 5. The van der Waals surface area contributed by atoms with E-state index in [0.717, 1.165) is 106 Å². The second-order valence-electron chi connectivity index (χ2n) is 31.3. The normalized spacial score (nSPS) is 12.5. The molecule has 0 atom stereocenters. The summed E-state index contributed by atoms with van der Waals surface area (Å²) >= 11 is 0. The van der Waals surface area contributed by atoms with E-state index in [1.54, 1.807) is 0 Å². The molecule has 0 aliphatic rings. The first-order valence-electron chi connectivity index (χ1n) is 33.6. The van der Waals surface area contributed by atoms with Crippen LogP contribution >= 0.6 is 0 Å². The minimum absolute atomic E-state index is 0. The van der Waals surface area contributed by atoms with Crippen LogP contribution in [0.25, 0.3) is 133 Å². The second kappa shape index (κ2) is 24.3. The number of imidazole rings is 1. The Balaban J connectivity index is 0.00000833. The fraction of sp³-hybridized carbons (Fsp3) is 0.222. The summed E-state index contributed by atoms with van der Waals surface area (Å²) < 4.78 is 4.72. The van der Waals surface area contributed by atoms with Crippen LogP contribution in [0.1, 0.15) is 132 Å². The molecule has 0 radical (unpaired) electrons. The van der Waals surface area contributed by atoms with E-state index >= 15 is 0 Å². The van der Waals surface area contributed by atoms with E-state index in [4.69, 9.17) is 9.97 Å². The van der Waals surface area contributed by atoms with Gasteiger partial charge in [0.2, 0.25) is 0 Å². The standard InChI is InChI=1S/C90H85N4O.Pt/c1-86(2,3)63-39-42-70-58(47-63)37-43-77(90(13,14)15)82(70)61-36-40-74(81(95)51-61)85-92-83-76(57-28-24-29-60(46-57)78-49-59(44-45-91-78)71-33-25-34-73-72-32-22-23-35-79(72)93(84(71)73)67-30-20-17-21-31-67)48-62(75-55-64(87(4,5)6)38-41-69(75)56-26-18-16-19-27-56)50-80(83)94(85)68-53-65(88(7,8)9)52-66(54-68)89(10,11)12;/h16-45,47-55,95H,1-15H3;/q-1;. The van der Waals surface area contributed by atoms with Gasteiger partial charge < -0.3 is 9.67 Å². The van der Waals surface area contributed by atoms with Crippen LogP contribution in [0.5, 0.6) is 5.75 Å². The molecule has 0 amide bonds. The number of nitrogens with zero attached hydrogens (tertiary/aromatic N) is 4. The third-order valence-electron chi connectivity index (χ3n) is 19.3. The number of hydrogen-bond donors (Lipinski definition) is 1. The summed E-state index contributed by atoms with van der Waals surface area (Å²) in [6.07, 6.45) is 1.93. The van der Waals surface area contributed by atoms with Crippen molar-refractivity contribution in [1.82, 2.24) is 19.1 Å². The maximum atomic E-state index is 13.1. The first kappa shape index (κ1) is 65.3. The van der Waals surface area contributed by atoms with Gasteiger partial charge in [0, 0.05) is 60.7 Å². The Morgan fingerprint density at radius 3 is 1.68 bits per heavy atom. The average Bonchev–Trinajstić information content (AvgIpc) is 1.53. The van der Waals surface area contributed by atoms with Crippen LogP contribution in [0, 0.1) is 6.07 Å². The average molecular weight is 1430 g/mol. The van der Waals surface area contributed by atoms with Gasteiger partial charge in [0.1, 0.15) is 11.6 Å². The van der Waals surface area contributed by atoms with Gasteiger partial charge in [-0.25, -0.2) is 4.98 Å². The van der Waals surface area contributed by atoms with Crippen molar-refractivity contribution in [2.75, 3.05) is 0 Å². The van der Waals surface area contributed by atoms with Crippen molar-refractivity contribution < 1.29 is 26.2 Å². The summed E-state index contributed by atoms with van der Waals surface area (Å²) in [5.74, 6) is 0.784. The summed E-state index contributed by atoms with van der Waals surface area (Å²) in [5.41, 5.74) is 24.2. The summed E-state index contributed by atoms with van der Waals surface area (Å²) in [4.78, 5) is 11.0. The second-order valence-corrected chi connectivity index (χ2v) is 31.3. The topological polar surface area (TPSA) is 55.9 Å². The predicted molar refractivity (Wildman–Crippen MR) is 403 cm³/mol. The Labute approximate surface area is 581 Å². The third-order valence-corrected chi connectivity index (χ3v) is 19.3. The van der Waals surface area contributed by atoms with Crippen LogP contribution in [0.2, 0.25) is 0 Å². The molecule has 0 aliphatic heterocycles. The Bertz CT molecular complexity index is 5290. The van der Waals surface area contributed by atoms with Gasteiger partial charge in [0.05, 0.1) is 27.6 Å². The molecule has 0 saturated carbocycles. The molecular weight excluding hydrogens is 1350 g/mol. The molecule has 5 nitrogen and oxygen atoms in total. The molecule has 1 N–H and O–H groups in total. The fourth-order valence-corrected chi connectivity index (χ4v) is 13.9. The van der Waals surface area contributed by atoms with Gasteiger partial charge in [-0.1, -0.05) is 273 Å². The van der Waals surface area contributed by atoms with Crippen LogP contribution in [0.4, 0.5) is 0 Å². The molecule has 0 fully saturated rings.